The summed E-state index contributed by atoms with van der Waals surface area (Å²) in [6.45, 7) is 0. The molecule has 0 N–H and O–H groups in total. The summed E-state index contributed by atoms with van der Waals surface area (Å²) in [6.07, 6.45) is 0. The summed E-state index contributed by atoms with van der Waals surface area (Å²) in [5, 5.41) is 35.3. The van der Waals surface area contributed by atoms with Crippen molar-refractivity contribution in [2.24, 2.45) is 0 Å². The Morgan fingerprint density at radius 2 is 0.463 bits per heavy atom. The molecule has 26 aromatic rings. The molecule has 0 aliphatic rings. The minimum atomic E-state index is 0.707. The predicted molar refractivity (Wildman–Crippen MR) is 509 cm³/mol. The first-order valence-electron chi connectivity index (χ1n) is 41.1. The van der Waals surface area contributed by atoms with E-state index in [1.165, 1.54) is 124 Å². The normalized spacial score (nSPS) is 11.8. The van der Waals surface area contributed by atoms with Crippen molar-refractivity contribution < 1.29 is 4.42 Å². The Balaban J connectivity index is 0.000000103. The Hall–Kier alpha value is -16.2. The van der Waals surface area contributed by atoms with Gasteiger partial charge in [-0.1, -0.05) is 370 Å². The molecule has 0 bridgehead atoms. The van der Waals surface area contributed by atoms with Gasteiger partial charge in [0.1, 0.15) is 11.2 Å². The summed E-state index contributed by atoms with van der Waals surface area (Å²) in [4.78, 5) is 30.8. The lowest BCUT2D eigenvalue weighted by atomic mass is 9.92. The Kier molecular flexibility index (Phi) is 16.2. The number of hydrogen-bond acceptors (Lipinski definition) is 7. The van der Waals surface area contributed by atoms with Crippen LogP contribution in [0.2, 0.25) is 0 Å². The number of benzene rings is 22. The second kappa shape index (κ2) is 28.3. The van der Waals surface area contributed by atoms with Gasteiger partial charge < -0.3 is 4.42 Å². The minimum Gasteiger partial charge on any atom is -0.456 e. The van der Waals surface area contributed by atoms with Crippen molar-refractivity contribution in [1.29, 1.82) is 0 Å². The topological polar surface area (TPSA) is 90.5 Å². The minimum absolute atomic E-state index is 0.707. The van der Waals surface area contributed by atoms with Crippen molar-refractivity contribution in [3.8, 4) is 67.9 Å². The van der Waals surface area contributed by atoms with E-state index in [9.17, 15) is 0 Å². The second-order valence-corrected chi connectivity index (χ2v) is 31.4. The molecule has 0 saturated carbocycles. The van der Waals surface area contributed by atoms with E-state index in [-0.39, 0.29) is 0 Å². The van der Waals surface area contributed by atoms with Crippen molar-refractivity contribution in [1.82, 2.24) is 29.9 Å². The van der Waals surface area contributed by atoms with Crippen LogP contribution < -0.4 is 0 Å². The zero-order valence-corrected chi connectivity index (χ0v) is 65.4. The molecule has 0 aliphatic heterocycles. The van der Waals surface area contributed by atoms with Crippen LogP contribution in [0, 0.1) is 0 Å². The highest BCUT2D eigenvalue weighted by atomic mass is 16.3. The van der Waals surface area contributed by atoms with Gasteiger partial charge in [0.15, 0.2) is 17.5 Å². The standard InChI is InChI=1S/C42H24N2O.2C36H22N2/c1-2-9-29-25(8-1)20-23-31-30(29)22-21-27-18-16-26-17-19-28(24-35(26)39(27)31)42-43-36-13-5-3-10-32(36)41(44-42)34-12-7-15-38-40(34)33-11-4-6-14-37(33)45-38;1-2-10-25(11-3-1)35-32-13-6-7-16-33(32)37-36(38-35)31-15-8-14-29-28(31)21-19-24-18-20-27-26-12-5-4-9-23(26)17-22-30(27)34(24)29;1-2-9-26(10-3-1)35-31-12-6-7-13-33(31)37-36(38-35)27-17-15-24-14-16-25-19-20-29-28-11-5-4-8-23(28)18-21-30(29)34(25)32(24)22-27/h1-24H;2*1-22H. The molecule has 4 heterocycles. The van der Waals surface area contributed by atoms with Gasteiger partial charge in [0.2, 0.25) is 0 Å². The summed E-state index contributed by atoms with van der Waals surface area (Å²) in [5.41, 5.74) is 13.7. The number of para-hydroxylation sites is 4. The lowest BCUT2D eigenvalue weighted by molar-refractivity contribution is 0.669. The molecule has 4 aromatic heterocycles. The fourth-order valence-corrected chi connectivity index (χ4v) is 18.9. The molecule has 0 saturated heterocycles. The van der Waals surface area contributed by atoms with Crippen LogP contribution in [0.25, 0.3) is 252 Å². The first-order chi connectivity index (χ1) is 60.0. The number of nitrogens with zero attached hydrogens (tertiary/aromatic N) is 6. The highest BCUT2D eigenvalue weighted by Gasteiger charge is 2.22. The van der Waals surface area contributed by atoms with E-state index in [1.54, 1.807) is 0 Å². The lowest BCUT2D eigenvalue weighted by Crippen LogP contribution is -1.96. The molecule has 7 heteroatoms. The van der Waals surface area contributed by atoms with E-state index in [0.29, 0.717) is 5.82 Å². The molecule has 0 spiro atoms. The SMILES string of the molecule is c1ccc(-c2nc(-c3ccc4ccc5ccc6c7ccccc7ccc6c5c4c3)nc3ccccc23)cc1.c1ccc(-c2nc(-c3cccc4c3ccc3ccc5c6ccccc6ccc5c34)nc3ccccc23)cc1.c1ccc2c(c1)ccc1c2ccc2ccc3ccc(-c4nc(-c5cccc6oc7ccccc7c56)c5ccccc5n4)cc3c21. The average Bonchev–Trinajstić information content (AvgIpc) is 1.48. The largest absolute Gasteiger partial charge is 0.456 e. The van der Waals surface area contributed by atoms with Crippen LogP contribution >= 0.6 is 0 Å². The maximum Gasteiger partial charge on any atom is 0.161 e. The van der Waals surface area contributed by atoms with E-state index < -0.39 is 0 Å². The Morgan fingerprint density at radius 3 is 0.967 bits per heavy atom. The highest BCUT2D eigenvalue weighted by Crippen LogP contribution is 2.45. The van der Waals surface area contributed by atoms with Crippen LogP contribution in [-0.2, 0) is 0 Å². The Bertz CT molecular complexity index is 8690. The molecule has 22 aromatic carbocycles. The van der Waals surface area contributed by atoms with Gasteiger partial charge in [-0.05, 0) is 172 Å². The predicted octanol–water partition coefficient (Wildman–Crippen LogP) is 30.6. The third-order valence-electron chi connectivity index (χ3n) is 24.5. The molecule has 0 aliphatic carbocycles. The summed E-state index contributed by atoms with van der Waals surface area (Å²) in [5.74, 6) is 2.20. The molecule has 0 amide bonds. The van der Waals surface area contributed by atoms with E-state index in [0.717, 1.165) is 122 Å². The van der Waals surface area contributed by atoms with Gasteiger partial charge in [-0.3, -0.25) is 0 Å². The molecule has 0 fully saturated rings. The Labute approximate surface area is 694 Å². The third-order valence-corrected chi connectivity index (χ3v) is 24.5. The molecular formula is C114H68N6O. The van der Waals surface area contributed by atoms with Gasteiger partial charge in [0, 0.05) is 60.3 Å². The van der Waals surface area contributed by atoms with Gasteiger partial charge in [0.25, 0.3) is 0 Å². The van der Waals surface area contributed by atoms with Gasteiger partial charge in [-0.2, -0.15) is 0 Å². The van der Waals surface area contributed by atoms with Gasteiger partial charge in [-0.15, -0.1) is 0 Å². The number of fused-ring (bicyclic) bond motifs is 27. The summed E-state index contributed by atoms with van der Waals surface area (Å²) in [7, 11) is 0. The average molecular weight is 1540 g/mol. The zero-order chi connectivity index (χ0) is 79.6. The fourth-order valence-electron chi connectivity index (χ4n) is 18.9. The van der Waals surface area contributed by atoms with E-state index in [1.807, 2.05) is 54.6 Å². The van der Waals surface area contributed by atoms with Crippen LogP contribution in [0.3, 0.4) is 0 Å². The molecule has 121 heavy (non-hydrogen) atoms. The van der Waals surface area contributed by atoms with Crippen molar-refractivity contribution in [3.63, 3.8) is 0 Å². The molecule has 0 atom stereocenters. The smallest absolute Gasteiger partial charge is 0.161 e. The first-order valence-corrected chi connectivity index (χ1v) is 41.1. The van der Waals surface area contributed by atoms with Crippen molar-refractivity contribution >= 4 is 184 Å². The van der Waals surface area contributed by atoms with E-state index in [4.69, 9.17) is 34.3 Å². The fraction of sp³-hybridized carbons (Fsp3) is 0. The molecule has 26 rings (SSSR count). The van der Waals surface area contributed by atoms with E-state index in [2.05, 4.69) is 358 Å². The molecule has 0 unspecified atom stereocenters. The van der Waals surface area contributed by atoms with Crippen LogP contribution in [0.15, 0.2) is 417 Å². The second-order valence-electron chi connectivity index (χ2n) is 31.4. The highest BCUT2D eigenvalue weighted by molar-refractivity contribution is 6.29. The summed E-state index contributed by atoms with van der Waals surface area (Å²) in [6, 6.07) is 146. The van der Waals surface area contributed by atoms with Crippen molar-refractivity contribution in [2.45, 2.75) is 0 Å². The zero-order valence-electron chi connectivity index (χ0n) is 65.4. The first kappa shape index (κ1) is 69.1. The van der Waals surface area contributed by atoms with Crippen LogP contribution in [-0.4, -0.2) is 29.9 Å². The quantitative estimate of drug-likeness (QED) is 0.153. The maximum absolute atomic E-state index is 6.25. The monoisotopic (exact) mass is 1540 g/mol. The molecule has 7 nitrogen and oxygen atoms in total. The number of hydrogen-bond donors (Lipinski definition) is 0. The van der Waals surface area contributed by atoms with Crippen LogP contribution in [0.5, 0.6) is 0 Å². The van der Waals surface area contributed by atoms with Gasteiger partial charge in [-0.25, -0.2) is 29.9 Å². The lowest BCUT2D eigenvalue weighted by Gasteiger charge is -2.14. The molecular weight excluding hydrogens is 1470 g/mol. The summed E-state index contributed by atoms with van der Waals surface area (Å²) < 4.78 is 6.25. The third kappa shape index (κ3) is 11.6. The van der Waals surface area contributed by atoms with Crippen molar-refractivity contribution in [3.05, 3.63) is 413 Å². The van der Waals surface area contributed by atoms with Crippen LogP contribution in [0.1, 0.15) is 0 Å². The van der Waals surface area contributed by atoms with Crippen LogP contribution in [0.4, 0.5) is 0 Å². The molecule has 560 valence electrons. The van der Waals surface area contributed by atoms with Crippen molar-refractivity contribution in [2.75, 3.05) is 0 Å². The van der Waals surface area contributed by atoms with Gasteiger partial charge in [0.05, 0.1) is 33.6 Å². The molecule has 0 radical (unpaired) electrons. The maximum atomic E-state index is 6.25. The number of rotatable bonds is 6. The van der Waals surface area contributed by atoms with Gasteiger partial charge >= 0.3 is 0 Å². The van der Waals surface area contributed by atoms with E-state index >= 15 is 0 Å². The Morgan fingerprint density at radius 1 is 0.149 bits per heavy atom. The summed E-state index contributed by atoms with van der Waals surface area (Å²) >= 11 is 0. The number of aromatic nitrogens is 6. The number of furan rings is 1.